The lowest BCUT2D eigenvalue weighted by Crippen LogP contribution is -2.38. The maximum Gasteiger partial charge on any atom is 0.229 e. The molecular weight excluding hydrogens is 452 g/mol. The lowest BCUT2D eigenvalue weighted by atomic mass is 9.88. The average Bonchev–Trinajstić information content (AvgIpc) is 3.51. The van der Waals surface area contributed by atoms with Crippen molar-refractivity contribution in [2.75, 3.05) is 18.1 Å². The standard InChI is InChI=1S/C27H25ClN2O2S/c28-21-13-14-24-25(16-21)33-27(29-24)30(18-22-12-7-15-32-22)26(31)17-23(19-8-3-1-4-9-19)20-10-5-2-6-11-20/h1-6,8-11,13-14,16,22-23H,7,12,15,17-18H2. The molecule has 1 aliphatic heterocycles. The second-order valence-corrected chi connectivity index (χ2v) is 9.77. The van der Waals surface area contributed by atoms with Gasteiger partial charge in [0.2, 0.25) is 5.91 Å². The Hall–Kier alpha value is -2.73. The number of benzene rings is 3. The van der Waals surface area contributed by atoms with E-state index in [2.05, 4.69) is 24.3 Å². The molecule has 5 rings (SSSR count). The summed E-state index contributed by atoms with van der Waals surface area (Å²) in [6.07, 6.45) is 2.38. The molecule has 1 aromatic heterocycles. The summed E-state index contributed by atoms with van der Waals surface area (Å²) in [4.78, 5) is 20.4. The molecule has 1 amide bonds. The fraction of sp³-hybridized carbons (Fsp3) is 0.259. The Kier molecular flexibility index (Phi) is 6.72. The summed E-state index contributed by atoms with van der Waals surface area (Å²) in [6.45, 7) is 1.27. The molecule has 1 saturated heterocycles. The molecule has 0 N–H and O–H groups in total. The molecule has 33 heavy (non-hydrogen) atoms. The van der Waals surface area contributed by atoms with Crippen molar-refractivity contribution in [1.29, 1.82) is 0 Å². The van der Waals surface area contributed by atoms with Gasteiger partial charge in [0.15, 0.2) is 5.13 Å². The van der Waals surface area contributed by atoms with Crippen LogP contribution in [0.5, 0.6) is 0 Å². The monoisotopic (exact) mass is 476 g/mol. The third-order valence-corrected chi connectivity index (χ3v) is 7.34. The van der Waals surface area contributed by atoms with Gasteiger partial charge in [-0.05, 0) is 42.2 Å². The number of fused-ring (bicyclic) bond motifs is 1. The molecule has 4 aromatic rings. The first-order chi connectivity index (χ1) is 16.2. The zero-order valence-electron chi connectivity index (χ0n) is 18.2. The summed E-state index contributed by atoms with van der Waals surface area (Å²) in [5.74, 6) is 0.0177. The van der Waals surface area contributed by atoms with Crippen molar-refractivity contribution in [3.8, 4) is 0 Å². The van der Waals surface area contributed by atoms with Gasteiger partial charge in [-0.25, -0.2) is 4.98 Å². The van der Waals surface area contributed by atoms with Crippen LogP contribution in [0, 0.1) is 0 Å². The molecule has 2 heterocycles. The van der Waals surface area contributed by atoms with E-state index < -0.39 is 0 Å². The van der Waals surface area contributed by atoms with E-state index in [-0.39, 0.29) is 17.9 Å². The molecule has 0 saturated carbocycles. The highest BCUT2D eigenvalue weighted by atomic mass is 35.5. The molecule has 168 valence electrons. The van der Waals surface area contributed by atoms with E-state index in [1.54, 1.807) is 0 Å². The van der Waals surface area contributed by atoms with Gasteiger partial charge in [-0.3, -0.25) is 9.69 Å². The molecule has 6 heteroatoms. The quantitative estimate of drug-likeness (QED) is 0.298. The van der Waals surface area contributed by atoms with Gasteiger partial charge < -0.3 is 4.74 Å². The number of nitrogens with zero attached hydrogens (tertiary/aromatic N) is 2. The van der Waals surface area contributed by atoms with Gasteiger partial charge in [-0.15, -0.1) is 0 Å². The number of amides is 1. The van der Waals surface area contributed by atoms with E-state index in [1.807, 2.05) is 59.5 Å². The smallest absolute Gasteiger partial charge is 0.229 e. The summed E-state index contributed by atoms with van der Waals surface area (Å²) < 4.78 is 6.86. The van der Waals surface area contributed by atoms with E-state index in [9.17, 15) is 4.79 Å². The Bertz CT molecular complexity index is 1180. The molecule has 1 unspecified atom stereocenters. The third kappa shape index (κ3) is 5.11. The van der Waals surface area contributed by atoms with Crippen LogP contribution in [0.15, 0.2) is 78.9 Å². The molecule has 1 fully saturated rings. The summed E-state index contributed by atoms with van der Waals surface area (Å²) in [7, 11) is 0. The molecule has 3 aromatic carbocycles. The van der Waals surface area contributed by atoms with Crippen LogP contribution in [-0.2, 0) is 9.53 Å². The van der Waals surface area contributed by atoms with Crippen molar-refractivity contribution < 1.29 is 9.53 Å². The largest absolute Gasteiger partial charge is 0.376 e. The summed E-state index contributed by atoms with van der Waals surface area (Å²) in [6, 6.07) is 26.1. The second-order valence-electron chi connectivity index (χ2n) is 8.33. The number of rotatable bonds is 7. The van der Waals surface area contributed by atoms with E-state index in [1.165, 1.54) is 11.3 Å². The zero-order chi connectivity index (χ0) is 22.6. The molecule has 0 bridgehead atoms. The van der Waals surface area contributed by atoms with Crippen LogP contribution in [0.3, 0.4) is 0 Å². The van der Waals surface area contributed by atoms with Crippen molar-refractivity contribution in [1.82, 2.24) is 4.98 Å². The predicted octanol–water partition coefficient (Wildman–Crippen LogP) is 6.68. The van der Waals surface area contributed by atoms with Gasteiger partial charge in [0, 0.05) is 24.0 Å². The molecule has 0 radical (unpaired) electrons. The van der Waals surface area contributed by atoms with Crippen LogP contribution >= 0.6 is 22.9 Å². The lowest BCUT2D eigenvalue weighted by Gasteiger charge is -2.26. The van der Waals surface area contributed by atoms with E-state index in [0.717, 1.165) is 40.8 Å². The van der Waals surface area contributed by atoms with Crippen molar-refractivity contribution in [2.24, 2.45) is 0 Å². The van der Waals surface area contributed by atoms with Gasteiger partial charge in [0.1, 0.15) is 0 Å². The number of thiazole rings is 1. The van der Waals surface area contributed by atoms with Crippen molar-refractivity contribution in [2.45, 2.75) is 31.3 Å². The SMILES string of the molecule is O=C(CC(c1ccccc1)c1ccccc1)N(CC1CCCO1)c1nc2ccc(Cl)cc2s1. The average molecular weight is 477 g/mol. The lowest BCUT2D eigenvalue weighted by molar-refractivity contribution is -0.119. The highest BCUT2D eigenvalue weighted by Gasteiger charge is 2.29. The van der Waals surface area contributed by atoms with Crippen molar-refractivity contribution in [3.63, 3.8) is 0 Å². The highest BCUT2D eigenvalue weighted by molar-refractivity contribution is 7.22. The number of ether oxygens (including phenoxy) is 1. The van der Waals surface area contributed by atoms with Crippen LogP contribution < -0.4 is 4.90 Å². The highest BCUT2D eigenvalue weighted by Crippen LogP contribution is 2.34. The fourth-order valence-corrected chi connectivity index (χ4v) is 5.63. The molecule has 0 spiro atoms. The molecule has 0 aliphatic carbocycles. The summed E-state index contributed by atoms with van der Waals surface area (Å²) in [5, 5.41) is 1.37. The Morgan fingerprint density at radius 2 is 1.76 bits per heavy atom. The maximum atomic E-state index is 13.8. The van der Waals surface area contributed by atoms with Crippen LogP contribution in [0.4, 0.5) is 5.13 Å². The Labute approximate surface area is 202 Å². The Morgan fingerprint density at radius 1 is 1.06 bits per heavy atom. The van der Waals surface area contributed by atoms with E-state index >= 15 is 0 Å². The van der Waals surface area contributed by atoms with Crippen LogP contribution in [0.1, 0.15) is 36.3 Å². The number of carbonyl (C=O) groups excluding carboxylic acids is 1. The van der Waals surface area contributed by atoms with E-state index in [0.29, 0.717) is 23.1 Å². The zero-order valence-corrected chi connectivity index (χ0v) is 19.8. The summed E-state index contributed by atoms with van der Waals surface area (Å²) in [5.41, 5.74) is 3.11. The van der Waals surface area contributed by atoms with Crippen LogP contribution in [0.25, 0.3) is 10.2 Å². The van der Waals surface area contributed by atoms with Gasteiger partial charge >= 0.3 is 0 Å². The molecule has 1 aliphatic rings. The number of aromatic nitrogens is 1. The second kappa shape index (κ2) is 10.0. The minimum atomic E-state index is -0.0317. The molecule has 1 atom stereocenters. The van der Waals surface area contributed by atoms with Crippen LogP contribution in [0.2, 0.25) is 5.02 Å². The van der Waals surface area contributed by atoms with E-state index in [4.69, 9.17) is 21.3 Å². The van der Waals surface area contributed by atoms with Gasteiger partial charge in [0.05, 0.1) is 22.9 Å². The minimum Gasteiger partial charge on any atom is -0.376 e. The number of hydrogen-bond acceptors (Lipinski definition) is 4. The first-order valence-electron chi connectivity index (χ1n) is 11.3. The van der Waals surface area contributed by atoms with Crippen molar-refractivity contribution >= 4 is 44.2 Å². The number of carbonyl (C=O) groups is 1. The predicted molar refractivity (Wildman–Crippen MR) is 135 cm³/mol. The first-order valence-corrected chi connectivity index (χ1v) is 12.4. The Balaban J connectivity index is 1.48. The maximum absolute atomic E-state index is 13.8. The Morgan fingerprint density at radius 3 is 2.39 bits per heavy atom. The van der Waals surface area contributed by atoms with Crippen LogP contribution in [-0.4, -0.2) is 30.1 Å². The van der Waals surface area contributed by atoms with Gasteiger partial charge in [-0.2, -0.15) is 0 Å². The third-order valence-electron chi connectivity index (χ3n) is 6.06. The first kappa shape index (κ1) is 22.1. The minimum absolute atomic E-state index is 0.0317. The number of halogens is 1. The topological polar surface area (TPSA) is 42.4 Å². The molecular formula is C27H25ClN2O2S. The fourth-order valence-electron chi connectivity index (χ4n) is 4.36. The number of anilines is 1. The van der Waals surface area contributed by atoms with Crippen molar-refractivity contribution in [3.05, 3.63) is 95.0 Å². The van der Waals surface area contributed by atoms with Gasteiger partial charge in [0.25, 0.3) is 0 Å². The normalized spacial score (nSPS) is 15.9. The number of hydrogen-bond donors (Lipinski definition) is 0. The summed E-state index contributed by atoms with van der Waals surface area (Å²) >= 11 is 7.69. The van der Waals surface area contributed by atoms with Gasteiger partial charge in [-0.1, -0.05) is 83.6 Å². The molecule has 4 nitrogen and oxygen atoms in total.